The minimum atomic E-state index is -1.15. The van der Waals surface area contributed by atoms with Crippen molar-refractivity contribution in [2.75, 3.05) is 6.61 Å². The number of piperidine rings is 2. The number of aliphatic hydroxyl groups excluding tert-OH is 1. The Hall–Kier alpha value is -1.79. The summed E-state index contributed by atoms with van der Waals surface area (Å²) in [5, 5.41) is 10.4. The van der Waals surface area contributed by atoms with Gasteiger partial charge in [-0.2, -0.15) is 0 Å². The van der Waals surface area contributed by atoms with Crippen molar-refractivity contribution in [2.45, 2.75) is 38.0 Å². The van der Waals surface area contributed by atoms with E-state index in [9.17, 15) is 14.3 Å². The van der Waals surface area contributed by atoms with Gasteiger partial charge in [-0.3, -0.25) is 4.79 Å². The predicted octanol–water partition coefficient (Wildman–Crippen LogP) is 3.05. The van der Waals surface area contributed by atoms with E-state index in [1.165, 1.54) is 11.3 Å². The number of benzene rings is 1. The molecular formula is C18H19FN2O2S. The number of aromatic nitrogens is 1. The Morgan fingerprint density at radius 2 is 2.08 bits per heavy atom. The number of aryl methyl sites for hydroxylation is 1. The summed E-state index contributed by atoms with van der Waals surface area (Å²) in [6, 6.07) is 8.93. The van der Waals surface area contributed by atoms with E-state index in [4.69, 9.17) is 0 Å². The summed E-state index contributed by atoms with van der Waals surface area (Å²) in [6.07, 6.45) is 0.226. The highest BCUT2D eigenvalue weighted by molar-refractivity contribution is 7.15. The molecule has 1 aromatic carbocycles. The van der Waals surface area contributed by atoms with Crippen molar-refractivity contribution in [3.63, 3.8) is 0 Å². The number of thiazole rings is 1. The Balaban J connectivity index is 1.72. The smallest absolute Gasteiger partial charge is 0.274 e. The molecule has 0 radical (unpaired) electrons. The van der Waals surface area contributed by atoms with E-state index in [0.717, 1.165) is 15.4 Å². The van der Waals surface area contributed by atoms with Gasteiger partial charge in [0.05, 0.1) is 22.5 Å². The number of aliphatic hydroxyl groups is 1. The van der Waals surface area contributed by atoms with Crippen LogP contribution in [0.5, 0.6) is 0 Å². The molecule has 126 valence electrons. The van der Waals surface area contributed by atoms with Crippen molar-refractivity contribution in [3.8, 4) is 10.4 Å². The van der Waals surface area contributed by atoms with Crippen LogP contribution in [0.15, 0.2) is 30.3 Å². The Bertz CT molecular complexity index is 758. The van der Waals surface area contributed by atoms with Crippen molar-refractivity contribution in [3.05, 3.63) is 41.0 Å². The summed E-state index contributed by atoms with van der Waals surface area (Å²) in [4.78, 5) is 19.9. The highest BCUT2D eigenvalue weighted by Crippen LogP contribution is 2.45. The van der Waals surface area contributed by atoms with Crippen molar-refractivity contribution >= 4 is 17.2 Å². The molecule has 3 heterocycles. The van der Waals surface area contributed by atoms with Gasteiger partial charge in [-0.1, -0.05) is 30.3 Å². The van der Waals surface area contributed by atoms with Gasteiger partial charge in [0.1, 0.15) is 11.9 Å². The second kappa shape index (κ2) is 5.93. The van der Waals surface area contributed by atoms with E-state index in [2.05, 4.69) is 4.98 Å². The van der Waals surface area contributed by atoms with Gasteiger partial charge in [-0.05, 0) is 31.2 Å². The van der Waals surface area contributed by atoms with Gasteiger partial charge in [0.15, 0.2) is 0 Å². The lowest BCUT2D eigenvalue weighted by atomic mass is 9.69. The molecule has 2 aliphatic heterocycles. The van der Waals surface area contributed by atoms with E-state index in [0.29, 0.717) is 18.5 Å². The molecule has 2 aromatic rings. The number of hydrogen-bond acceptors (Lipinski definition) is 4. The molecule has 5 rings (SSSR count). The van der Waals surface area contributed by atoms with Crippen LogP contribution in [0.4, 0.5) is 4.39 Å². The number of fused-ring (bicyclic) bond motifs is 2. The molecule has 3 fully saturated rings. The summed E-state index contributed by atoms with van der Waals surface area (Å²) < 4.78 is 14.5. The first kappa shape index (κ1) is 15.7. The third-order valence-corrected chi connectivity index (χ3v) is 6.13. The molecule has 4 nitrogen and oxygen atoms in total. The van der Waals surface area contributed by atoms with Crippen molar-refractivity contribution < 1.29 is 14.3 Å². The van der Waals surface area contributed by atoms with Gasteiger partial charge in [-0.25, -0.2) is 9.37 Å². The lowest BCUT2D eigenvalue weighted by Gasteiger charge is -2.54. The van der Waals surface area contributed by atoms with Crippen LogP contribution in [0.3, 0.4) is 0 Å². The SMILES string of the molecule is Cc1nc(C(=O)N2C3CC(C3)C(F)C2CO)c(-c2ccccc2)s1. The normalized spacial score (nSPS) is 28.5. The highest BCUT2D eigenvalue weighted by Gasteiger charge is 2.53. The average Bonchev–Trinajstić information content (AvgIpc) is 2.95. The molecule has 2 saturated heterocycles. The molecule has 3 aliphatic rings. The molecule has 6 heteroatoms. The Morgan fingerprint density at radius 3 is 2.75 bits per heavy atom. The van der Waals surface area contributed by atoms with E-state index >= 15 is 0 Å². The Morgan fingerprint density at radius 1 is 1.38 bits per heavy atom. The molecule has 1 aliphatic carbocycles. The predicted molar refractivity (Wildman–Crippen MR) is 90.7 cm³/mol. The fourth-order valence-corrected chi connectivity index (χ4v) is 4.76. The van der Waals surface area contributed by atoms with Crippen molar-refractivity contribution in [1.82, 2.24) is 9.88 Å². The molecule has 0 spiro atoms. The Labute approximate surface area is 144 Å². The van der Waals surface area contributed by atoms with Crippen LogP contribution in [-0.2, 0) is 0 Å². The van der Waals surface area contributed by atoms with Gasteiger partial charge in [0.25, 0.3) is 5.91 Å². The molecule has 1 aromatic heterocycles. The number of nitrogens with zero attached hydrogens (tertiary/aromatic N) is 2. The fraction of sp³-hybridized carbons (Fsp3) is 0.444. The molecular weight excluding hydrogens is 327 g/mol. The van der Waals surface area contributed by atoms with Gasteiger partial charge < -0.3 is 10.0 Å². The number of alkyl halides is 1. The number of halogens is 1. The highest BCUT2D eigenvalue weighted by atomic mass is 32.1. The molecule has 1 saturated carbocycles. The number of rotatable bonds is 3. The lowest BCUT2D eigenvalue weighted by Crippen LogP contribution is -2.65. The van der Waals surface area contributed by atoms with Gasteiger partial charge in [0, 0.05) is 6.04 Å². The van der Waals surface area contributed by atoms with Crippen molar-refractivity contribution in [2.24, 2.45) is 5.92 Å². The van der Waals surface area contributed by atoms with Gasteiger partial charge in [0.2, 0.25) is 0 Å². The molecule has 24 heavy (non-hydrogen) atoms. The van der Waals surface area contributed by atoms with Crippen LogP contribution in [0, 0.1) is 12.8 Å². The minimum Gasteiger partial charge on any atom is -0.394 e. The topological polar surface area (TPSA) is 53.4 Å². The number of amides is 1. The van der Waals surface area contributed by atoms with E-state index < -0.39 is 12.2 Å². The van der Waals surface area contributed by atoms with Crippen LogP contribution < -0.4 is 0 Å². The van der Waals surface area contributed by atoms with Crippen LogP contribution in [0.2, 0.25) is 0 Å². The maximum atomic E-state index is 14.5. The number of hydrogen-bond donors (Lipinski definition) is 1. The second-order valence-electron chi connectivity index (χ2n) is 6.57. The van der Waals surface area contributed by atoms with Crippen LogP contribution in [-0.4, -0.2) is 45.8 Å². The van der Waals surface area contributed by atoms with Crippen LogP contribution in [0.1, 0.15) is 28.3 Å². The van der Waals surface area contributed by atoms with Gasteiger partial charge in [-0.15, -0.1) is 11.3 Å². The first-order valence-electron chi connectivity index (χ1n) is 8.20. The third-order valence-electron chi connectivity index (χ3n) is 5.11. The Kier molecular flexibility index (Phi) is 3.89. The molecule has 1 amide bonds. The zero-order valence-corrected chi connectivity index (χ0v) is 14.2. The average molecular weight is 346 g/mol. The maximum Gasteiger partial charge on any atom is 0.274 e. The standard InChI is InChI=1S/C18H19FN2O2S/c1-10-20-16(17(24-10)11-5-3-2-4-6-11)18(23)21-13-7-12(8-13)15(19)14(21)9-22/h2-6,12-15,22H,7-9H2,1H3. The van der Waals surface area contributed by atoms with E-state index in [-0.39, 0.29) is 24.5 Å². The first-order chi connectivity index (χ1) is 11.6. The van der Waals surface area contributed by atoms with Crippen molar-refractivity contribution in [1.29, 1.82) is 0 Å². The first-order valence-corrected chi connectivity index (χ1v) is 9.02. The van der Waals surface area contributed by atoms with E-state index in [1.807, 2.05) is 37.3 Å². The fourth-order valence-electron chi connectivity index (χ4n) is 3.84. The summed E-state index contributed by atoms with van der Waals surface area (Å²) in [5.41, 5.74) is 1.31. The molecule has 2 unspecified atom stereocenters. The maximum absolute atomic E-state index is 14.5. The second-order valence-corrected chi connectivity index (χ2v) is 7.77. The monoisotopic (exact) mass is 346 g/mol. The summed E-state index contributed by atoms with van der Waals surface area (Å²) >= 11 is 1.47. The molecule has 2 atom stereocenters. The minimum absolute atomic E-state index is 0.0121. The number of carbonyl (C=O) groups is 1. The van der Waals surface area contributed by atoms with Crippen LogP contribution >= 0.6 is 11.3 Å². The summed E-state index contributed by atoms with van der Waals surface area (Å²) in [5.74, 6) is -0.273. The molecule has 2 bridgehead atoms. The van der Waals surface area contributed by atoms with E-state index in [1.54, 1.807) is 4.90 Å². The largest absolute Gasteiger partial charge is 0.394 e. The molecule has 1 N–H and O–H groups in total. The summed E-state index contributed by atoms with van der Waals surface area (Å²) in [6.45, 7) is 1.52. The zero-order valence-electron chi connectivity index (χ0n) is 13.4. The lowest BCUT2D eigenvalue weighted by molar-refractivity contribution is -0.0872. The van der Waals surface area contributed by atoms with Gasteiger partial charge >= 0.3 is 0 Å². The number of carbonyl (C=O) groups excluding carboxylic acids is 1. The zero-order chi connectivity index (χ0) is 16.8. The van der Waals surface area contributed by atoms with Crippen LogP contribution in [0.25, 0.3) is 10.4 Å². The quantitative estimate of drug-likeness (QED) is 0.929. The third kappa shape index (κ3) is 2.36. The summed E-state index contributed by atoms with van der Waals surface area (Å²) in [7, 11) is 0.